The highest BCUT2D eigenvalue weighted by Crippen LogP contribution is 2.35. The van der Waals surface area contributed by atoms with Gasteiger partial charge in [-0.15, -0.1) is 0 Å². The number of rotatable bonds is 17. The monoisotopic (exact) mass is 607 g/mol. The van der Waals surface area contributed by atoms with Gasteiger partial charge in [0, 0.05) is 44.4 Å². The first-order valence-corrected chi connectivity index (χ1v) is 15.7. The van der Waals surface area contributed by atoms with Crippen LogP contribution in [0.3, 0.4) is 0 Å². The molecule has 0 aromatic heterocycles. The number of ether oxygens (including phenoxy) is 4. The van der Waals surface area contributed by atoms with Gasteiger partial charge in [0.05, 0.1) is 18.8 Å². The molecule has 6 nitrogen and oxygen atoms in total. The topological polar surface area (TPSA) is 57.2 Å². The summed E-state index contributed by atoms with van der Waals surface area (Å²) in [6, 6.07) is 27.7. The van der Waals surface area contributed by atoms with E-state index in [1.807, 2.05) is 111 Å². The minimum atomic E-state index is -0.113. The van der Waals surface area contributed by atoms with Crippen LogP contribution in [0.1, 0.15) is 59.3 Å². The number of carbonyl (C=O) groups excluding carboxylic acids is 1. The van der Waals surface area contributed by atoms with Crippen molar-refractivity contribution in [1.82, 2.24) is 4.90 Å². The predicted molar refractivity (Wildman–Crippen MR) is 181 cm³/mol. The molecule has 4 rings (SSSR count). The fraction of sp³-hybridized carbons (Fsp3) is 0.308. The van der Waals surface area contributed by atoms with Crippen molar-refractivity contribution in [3.8, 4) is 28.7 Å². The molecule has 0 heterocycles. The zero-order chi connectivity index (χ0) is 32.0. The molecule has 45 heavy (non-hydrogen) atoms. The van der Waals surface area contributed by atoms with Crippen LogP contribution in [0.4, 0.5) is 0 Å². The van der Waals surface area contributed by atoms with Crippen molar-refractivity contribution in [2.24, 2.45) is 0 Å². The molecule has 6 heteroatoms. The summed E-state index contributed by atoms with van der Waals surface area (Å²) >= 11 is 0. The second kappa shape index (κ2) is 17.0. The molecule has 0 radical (unpaired) electrons. The zero-order valence-electron chi connectivity index (χ0n) is 27.2. The third-order valence-electron chi connectivity index (χ3n) is 7.28. The van der Waals surface area contributed by atoms with Gasteiger partial charge < -0.3 is 23.8 Å². The normalized spacial score (nSPS) is 11.0. The Balaban J connectivity index is 1.44. The van der Waals surface area contributed by atoms with Crippen LogP contribution < -0.4 is 18.9 Å². The Hall–Kier alpha value is -4.71. The van der Waals surface area contributed by atoms with E-state index in [-0.39, 0.29) is 5.78 Å². The van der Waals surface area contributed by atoms with Crippen LogP contribution in [0.2, 0.25) is 0 Å². The molecule has 0 unspecified atom stereocenters. The fourth-order valence-corrected chi connectivity index (χ4v) is 4.86. The average Bonchev–Trinajstić information content (AvgIpc) is 3.05. The number of benzene rings is 4. The highest BCUT2D eigenvalue weighted by atomic mass is 16.5. The predicted octanol–water partition coefficient (Wildman–Crippen LogP) is 8.99. The molecular formula is C39H45NO5. The largest absolute Gasteiger partial charge is 0.493 e. The molecule has 0 fully saturated rings. The van der Waals surface area contributed by atoms with Crippen LogP contribution in [-0.4, -0.2) is 38.0 Å². The smallest absolute Gasteiger partial charge is 0.191 e. The van der Waals surface area contributed by atoms with E-state index in [0.29, 0.717) is 43.3 Å². The number of ketones is 1. The minimum Gasteiger partial charge on any atom is -0.493 e. The Bertz CT molecular complexity index is 1560. The maximum Gasteiger partial charge on any atom is 0.191 e. The number of hydrogen-bond acceptors (Lipinski definition) is 6. The molecule has 0 saturated carbocycles. The molecule has 0 atom stereocenters. The van der Waals surface area contributed by atoms with Gasteiger partial charge in [-0.25, -0.2) is 0 Å². The summed E-state index contributed by atoms with van der Waals surface area (Å²) < 4.78 is 25.0. The third-order valence-corrected chi connectivity index (χ3v) is 7.28. The van der Waals surface area contributed by atoms with Crippen LogP contribution in [0.25, 0.3) is 0 Å². The van der Waals surface area contributed by atoms with E-state index in [0.717, 1.165) is 58.8 Å². The lowest BCUT2D eigenvalue weighted by Gasteiger charge is -2.18. The molecule has 0 spiro atoms. The molecule has 0 saturated heterocycles. The Morgan fingerprint density at radius 3 is 2.16 bits per heavy atom. The van der Waals surface area contributed by atoms with Crippen LogP contribution in [-0.2, 0) is 19.4 Å². The van der Waals surface area contributed by atoms with Gasteiger partial charge in [-0.1, -0.05) is 74.9 Å². The van der Waals surface area contributed by atoms with Gasteiger partial charge in [0.25, 0.3) is 0 Å². The number of aryl methyl sites for hydroxylation is 2. The third kappa shape index (κ3) is 9.64. The molecule has 236 valence electrons. The summed E-state index contributed by atoms with van der Waals surface area (Å²) in [7, 11) is 3.77. The Kier molecular flexibility index (Phi) is 12.5. The van der Waals surface area contributed by atoms with E-state index >= 15 is 0 Å². The van der Waals surface area contributed by atoms with Crippen molar-refractivity contribution in [3.63, 3.8) is 0 Å². The van der Waals surface area contributed by atoms with E-state index < -0.39 is 0 Å². The number of carbonyl (C=O) groups is 1. The van der Waals surface area contributed by atoms with Gasteiger partial charge in [0.2, 0.25) is 0 Å². The summed E-state index contributed by atoms with van der Waals surface area (Å²) in [6.45, 7) is 7.56. The maximum absolute atomic E-state index is 13.2. The Morgan fingerprint density at radius 2 is 1.44 bits per heavy atom. The number of hydrogen-bond donors (Lipinski definition) is 0. The number of nitrogens with zero attached hydrogens (tertiary/aromatic N) is 1. The zero-order valence-corrected chi connectivity index (χ0v) is 27.2. The Morgan fingerprint density at radius 1 is 0.756 bits per heavy atom. The van der Waals surface area contributed by atoms with Crippen LogP contribution in [0, 0.1) is 6.92 Å². The van der Waals surface area contributed by atoms with Crippen LogP contribution >= 0.6 is 0 Å². The molecule has 0 aliphatic heterocycles. The summed E-state index contributed by atoms with van der Waals surface area (Å²) in [4.78, 5) is 15.0. The molecular weight excluding hydrogens is 562 g/mol. The van der Waals surface area contributed by atoms with E-state index in [1.165, 1.54) is 0 Å². The van der Waals surface area contributed by atoms with Crippen molar-refractivity contribution in [2.75, 3.05) is 27.3 Å². The SMILES string of the molecule is CCCc1c(OCCCOc2cc(OCc3ccccc3)c(C(=O)/C=C/N(C)C)cc2CC)cccc1Oc1ccccc1C. The van der Waals surface area contributed by atoms with Gasteiger partial charge in [0.1, 0.15) is 35.4 Å². The first-order chi connectivity index (χ1) is 21.9. The van der Waals surface area contributed by atoms with Gasteiger partial charge in [0.15, 0.2) is 5.78 Å². The van der Waals surface area contributed by atoms with E-state index in [9.17, 15) is 4.79 Å². The first kappa shape index (κ1) is 33.2. The van der Waals surface area contributed by atoms with Gasteiger partial charge in [-0.05, 0) is 60.7 Å². The first-order valence-electron chi connectivity index (χ1n) is 15.7. The van der Waals surface area contributed by atoms with Crippen molar-refractivity contribution in [3.05, 3.63) is 125 Å². The molecule has 0 amide bonds. The van der Waals surface area contributed by atoms with Crippen LogP contribution in [0.15, 0.2) is 97.2 Å². The molecule has 0 bridgehead atoms. The standard InChI is InChI=1S/C39H45NO5/c1-6-15-32-36(20-13-21-37(32)45-35-19-12-11-16-29(35)3)42-24-14-25-43-38-27-39(44-28-30-17-9-8-10-18-30)33(26-31(38)7-2)34(41)22-23-40(4)5/h8-13,16-23,26-27H,6-7,14-15,24-25,28H2,1-5H3/b23-22+. The van der Waals surface area contributed by atoms with E-state index in [2.05, 4.69) is 13.8 Å². The fourth-order valence-electron chi connectivity index (χ4n) is 4.86. The molecule has 0 aliphatic carbocycles. The molecule has 4 aromatic rings. The summed E-state index contributed by atoms with van der Waals surface area (Å²) in [5.41, 5.74) is 4.66. The lowest BCUT2D eigenvalue weighted by Crippen LogP contribution is -2.10. The summed E-state index contributed by atoms with van der Waals surface area (Å²) in [6.07, 6.45) is 6.55. The van der Waals surface area contributed by atoms with E-state index in [1.54, 1.807) is 12.3 Å². The minimum absolute atomic E-state index is 0.113. The van der Waals surface area contributed by atoms with Crippen molar-refractivity contribution >= 4 is 5.78 Å². The van der Waals surface area contributed by atoms with E-state index in [4.69, 9.17) is 18.9 Å². The number of para-hydroxylation sites is 1. The summed E-state index contributed by atoms with van der Waals surface area (Å²) in [5.74, 6) is 3.62. The average molecular weight is 608 g/mol. The van der Waals surface area contributed by atoms with Crippen molar-refractivity contribution in [2.45, 2.75) is 53.1 Å². The second-order valence-electron chi connectivity index (χ2n) is 11.1. The maximum atomic E-state index is 13.2. The van der Waals surface area contributed by atoms with Crippen molar-refractivity contribution < 1.29 is 23.7 Å². The Labute approximate surface area is 268 Å². The van der Waals surface area contributed by atoms with Gasteiger partial charge in [-0.3, -0.25) is 4.79 Å². The van der Waals surface area contributed by atoms with Crippen LogP contribution in [0.5, 0.6) is 28.7 Å². The number of allylic oxidation sites excluding steroid dienone is 1. The lowest BCUT2D eigenvalue weighted by atomic mass is 10.0. The molecule has 0 N–H and O–H groups in total. The quantitative estimate of drug-likeness (QED) is 0.0678. The van der Waals surface area contributed by atoms with Crippen molar-refractivity contribution in [1.29, 1.82) is 0 Å². The van der Waals surface area contributed by atoms with Gasteiger partial charge in [-0.2, -0.15) is 0 Å². The summed E-state index contributed by atoms with van der Waals surface area (Å²) in [5, 5.41) is 0. The highest BCUT2D eigenvalue weighted by Gasteiger charge is 2.17. The lowest BCUT2D eigenvalue weighted by molar-refractivity contribution is 0.104. The molecule has 4 aromatic carbocycles. The highest BCUT2D eigenvalue weighted by molar-refractivity contribution is 6.06. The second-order valence-corrected chi connectivity index (χ2v) is 11.1. The molecule has 0 aliphatic rings. The van der Waals surface area contributed by atoms with Gasteiger partial charge >= 0.3 is 0 Å².